The summed E-state index contributed by atoms with van der Waals surface area (Å²) in [6, 6.07) is -0.198. The lowest BCUT2D eigenvalue weighted by molar-refractivity contribution is -0.124. The molecule has 0 fully saturated rings. The molecule has 1 amide bonds. The van der Waals surface area contributed by atoms with Crippen LogP contribution in [0.1, 0.15) is 37.2 Å². The third kappa shape index (κ3) is 2.72. The van der Waals surface area contributed by atoms with Crippen LogP contribution in [0.5, 0.6) is 0 Å². The summed E-state index contributed by atoms with van der Waals surface area (Å²) in [6.45, 7) is 3.01. The minimum Gasteiger partial charge on any atom is -0.383 e. The molecule has 1 aromatic rings. The van der Waals surface area contributed by atoms with Crippen molar-refractivity contribution in [2.24, 2.45) is 0 Å². The van der Waals surface area contributed by atoms with Gasteiger partial charge < -0.3 is 14.6 Å². The largest absolute Gasteiger partial charge is 0.383 e. The Bertz CT molecular complexity index is 414. The predicted molar refractivity (Wildman–Crippen MR) is 68.5 cm³/mol. The van der Waals surface area contributed by atoms with E-state index in [4.69, 9.17) is 4.74 Å². The number of rotatable bonds is 5. The Hall–Kier alpha value is -1.36. The molecular weight excluding hydrogens is 230 g/mol. The number of carbonyl (C=O) groups excluding carboxylic acids is 1. The average Bonchev–Trinajstić information content (AvgIpc) is 2.82. The fraction of sp³-hybridized carbons (Fsp3) is 0.692. The summed E-state index contributed by atoms with van der Waals surface area (Å²) >= 11 is 0. The highest BCUT2D eigenvalue weighted by atomic mass is 16.5. The molecule has 0 spiro atoms. The van der Waals surface area contributed by atoms with Crippen molar-refractivity contribution in [2.75, 3.05) is 20.3 Å². The number of aromatic nitrogens is 2. The third-order valence-corrected chi connectivity index (χ3v) is 3.46. The normalized spacial score (nSPS) is 16.1. The molecule has 1 heterocycles. The number of amides is 1. The summed E-state index contributed by atoms with van der Waals surface area (Å²) in [5, 5.41) is 2.87. The van der Waals surface area contributed by atoms with E-state index in [-0.39, 0.29) is 11.9 Å². The van der Waals surface area contributed by atoms with Gasteiger partial charge in [-0.2, -0.15) is 0 Å². The molecule has 1 aliphatic rings. The first-order valence-corrected chi connectivity index (χ1v) is 6.55. The predicted octanol–water partition coefficient (Wildman–Crippen LogP) is 1.09. The molecule has 1 unspecified atom stereocenters. The zero-order valence-electron chi connectivity index (χ0n) is 11.1. The highest BCUT2D eigenvalue weighted by Crippen LogP contribution is 2.22. The van der Waals surface area contributed by atoms with E-state index in [0.29, 0.717) is 13.2 Å². The summed E-state index contributed by atoms with van der Waals surface area (Å²) in [4.78, 5) is 16.4. The number of hydrogen-bond acceptors (Lipinski definition) is 3. The maximum atomic E-state index is 12.0. The van der Waals surface area contributed by atoms with Crippen LogP contribution in [-0.4, -0.2) is 35.7 Å². The zero-order valence-corrected chi connectivity index (χ0v) is 11.1. The molecule has 0 aliphatic heterocycles. The number of hydrogen-bond donors (Lipinski definition) is 1. The molecule has 0 bridgehead atoms. The Kier molecular flexibility index (Phi) is 4.36. The van der Waals surface area contributed by atoms with Crippen LogP contribution in [0.4, 0.5) is 0 Å². The van der Waals surface area contributed by atoms with Gasteiger partial charge in [-0.15, -0.1) is 0 Å². The lowest BCUT2D eigenvalue weighted by Crippen LogP contribution is -2.33. The van der Waals surface area contributed by atoms with E-state index in [1.807, 2.05) is 11.5 Å². The van der Waals surface area contributed by atoms with Crippen molar-refractivity contribution in [3.05, 3.63) is 17.7 Å². The van der Waals surface area contributed by atoms with Gasteiger partial charge in [0.1, 0.15) is 6.04 Å². The summed E-state index contributed by atoms with van der Waals surface area (Å²) in [5.74, 6) is 0.0258. The highest BCUT2D eigenvalue weighted by molar-refractivity contribution is 5.80. The van der Waals surface area contributed by atoms with E-state index >= 15 is 0 Å². The van der Waals surface area contributed by atoms with Crippen molar-refractivity contribution in [3.8, 4) is 0 Å². The molecule has 2 rings (SSSR count). The summed E-state index contributed by atoms with van der Waals surface area (Å²) < 4.78 is 6.93. The summed E-state index contributed by atoms with van der Waals surface area (Å²) in [5.41, 5.74) is 2.40. The van der Waals surface area contributed by atoms with Crippen molar-refractivity contribution in [1.29, 1.82) is 0 Å². The van der Waals surface area contributed by atoms with Crippen molar-refractivity contribution in [3.63, 3.8) is 0 Å². The number of nitrogens with one attached hydrogen (secondary N) is 1. The molecule has 5 nitrogen and oxygen atoms in total. The van der Waals surface area contributed by atoms with Crippen LogP contribution in [0, 0.1) is 0 Å². The van der Waals surface area contributed by atoms with Gasteiger partial charge in [0.15, 0.2) is 0 Å². The van der Waals surface area contributed by atoms with Gasteiger partial charge in [-0.3, -0.25) is 4.79 Å². The van der Waals surface area contributed by atoms with Gasteiger partial charge >= 0.3 is 0 Å². The number of methoxy groups -OCH3 is 1. The van der Waals surface area contributed by atoms with Crippen LogP contribution in [0.25, 0.3) is 0 Å². The molecule has 18 heavy (non-hydrogen) atoms. The third-order valence-electron chi connectivity index (χ3n) is 3.46. The lowest BCUT2D eigenvalue weighted by atomic mass is 10.0. The van der Waals surface area contributed by atoms with Crippen LogP contribution in [-0.2, 0) is 22.4 Å². The Balaban J connectivity index is 2.02. The van der Waals surface area contributed by atoms with Crippen LogP contribution >= 0.6 is 0 Å². The fourth-order valence-corrected chi connectivity index (χ4v) is 2.38. The van der Waals surface area contributed by atoms with E-state index in [0.717, 1.165) is 18.5 Å². The first-order valence-electron chi connectivity index (χ1n) is 6.55. The van der Waals surface area contributed by atoms with Crippen molar-refractivity contribution in [1.82, 2.24) is 14.9 Å². The molecule has 1 N–H and O–H groups in total. The van der Waals surface area contributed by atoms with E-state index in [9.17, 15) is 4.79 Å². The van der Waals surface area contributed by atoms with Gasteiger partial charge in [0.05, 0.1) is 18.6 Å². The van der Waals surface area contributed by atoms with Gasteiger partial charge in [0.2, 0.25) is 5.91 Å². The molecule has 1 aromatic heterocycles. The van der Waals surface area contributed by atoms with Gasteiger partial charge in [-0.05, 0) is 32.6 Å². The molecule has 0 saturated heterocycles. The zero-order chi connectivity index (χ0) is 13.0. The quantitative estimate of drug-likeness (QED) is 0.797. The number of imidazole rings is 1. The monoisotopic (exact) mass is 251 g/mol. The Morgan fingerprint density at radius 1 is 1.56 bits per heavy atom. The molecule has 1 aliphatic carbocycles. The molecule has 100 valence electrons. The van der Waals surface area contributed by atoms with E-state index < -0.39 is 0 Å². The minimum atomic E-state index is -0.198. The summed E-state index contributed by atoms with van der Waals surface area (Å²) in [7, 11) is 1.63. The second-order valence-electron chi connectivity index (χ2n) is 4.71. The van der Waals surface area contributed by atoms with Crippen molar-refractivity contribution < 1.29 is 9.53 Å². The first kappa shape index (κ1) is 13.1. The van der Waals surface area contributed by atoms with Crippen LogP contribution in [0.15, 0.2) is 6.33 Å². The Labute approximate surface area is 108 Å². The SMILES string of the molecule is COCCNC(=O)C(C)n1cnc2c1CCCC2. The van der Waals surface area contributed by atoms with Gasteiger partial charge in [0.25, 0.3) is 0 Å². The molecule has 0 saturated carbocycles. The number of nitrogens with zero attached hydrogens (tertiary/aromatic N) is 2. The van der Waals surface area contributed by atoms with Crippen molar-refractivity contribution in [2.45, 2.75) is 38.6 Å². The fourth-order valence-electron chi connectivity index (χ4n) is 2.38. The van der Waals surface area contributed by atoms with Crippen LogP contribution in [0.2, 0.25) is 0 Å². The molecule has 0 radical (unpaired) electrons. The first-order chi connectivity index (χ1) is 8.74. The molecule has 5 heteroatoms. The Morgan fingerprint density at radius 2 is 2.33 bits per heavy atom. The number of aryl methyl sites for hydroxylation is 1. The maximum Gasteiger partial charge on any atom is 0.242 e. The number of carbonyl (C=O) groups is 1. The number of ether oxygens (including phenoxy) is 1. The number of fused-ring (bicyclic) bond motifs is 1. The van der Waals surface area contributed by atoms with Gasteiger partial charge in [-0.1, -0.05) is 0 Å². The van der Waals surface area contributed by atoms with Gasteiger partial charge in [-0.25, -0.2) is 4.98 Å². The smallest absolute Gasteiger partial charge is 0.242 e. The average molecular weight is 251 g/mol. The van der Waals surface area contributed by atoms with Crippen LogP contribution in [0.3, 0.4) is 0 Å². The topological polar surface area (TPSA) is 56.1 Å². The minimum absolute atomic E-state index is 0.0258. The van der Waals surface area contributed by atoms with Gasteiger partial charge in [0, 0.05) is 19.3 Å². The lowest BCUT2D eigenvalue weighted by Gasteiger charge is -2.19. The second-order valence-corrected chi connectivity index (χ2v) is 4.71. The standard InChI is InChI=1S/C13H21N3O2/c1-10(13(17)14-7-8-18-2)16-9-15-11-5-3-4-6-12(11)16/h9-10H,3-8H2,1-2H3,(H,14,17). The van der Waals surface area contributed by atoms with E-state index in [1.54, 1.807) is 13.4 Å². The second kappa shape index (κ2) is 6.00. The van der Waals surface area contributed by atoms with Crippen molar-refractivity contribution >= 4 is 5.91 Å². The maximum absolute atomic E-state index is 12.0. The van der Waals surface area contributed by atoms with Crippen LogP contribution < -0.4 is 5.32 Å². The molecule has 0 aromatic carbocycles. The highest BCUT2D eigenvalue weighted by Gasteiger charge is 2.21. The Morgan fingerprint density at radius 3 is 3.11 bits per heavy atom. The van der Waals surface area contributed by atoms with E-state index in [2.05, 4.69) is 10.3 Å². The summed E-state index contributed by atoms with van der Waals surface area (Å²) in [6.07, 6.45) is 6.27. The van der Waals surface area contributed by atoms with E-state index in [1.165, 1.54) is 18.5 Å². The molecular formula is C13H21N3O2. The molecule has 1 atom stereocenters.